The van der Waals surface area contributed by atoms with E-state index in [1.807, 2.05) is 13.0 Å². The molecule has 26 heavy (non-hydrogen) atoms. The molecule has 0 aromatic carbocycles. The number of aromatic nitrogens is 1. The average molecular weight is 396 g/mol. The van der Waals surface area contributed by atoms with E-state index in [1.165, 1.54) is 11.3 Å². The predicted octanol–water partition coefficient (Wildman–Crippen LogP) is 2.60. The molecule has 0 atom stereocenters. The van der Waals surface area contributed by atoms with E-state index in [1.54, 1.807) is 24.4 Å². The lowest BCUT2D eigenvalue weighted by molar-refractivity contribution is -0.169. The highest BCUT2D eigenvalue weighted by molar-refractivity contribution is 7.94. The highest BCUT2D eigenvalue weighted by Gasteiger charge is 2.39. The number of pyridine rings is 1. The number of sulfonamides is 1. The van der Waals surface area contributed by atoms with Crippen LogP contribution in [0.5, 0.6) is 0 Å². The molecule has 2 aliphatic rings. The second-order valence-electron chi connectivity index (χ2n) is 6.47. The molecule has 1 N–H and O–H groups in total. The summed E-state index contributed by atoms with van der Waals surface area (Å²) in [6.45, 7) is 4.85. The summed E-state index contributed by atoms with van der Waals surface area (Å²) < 4.78 is 39.0. The van der Waals surface area contributed by atoms with Gasteiger partial charge in [0.2, 0.25) is 0 Å². The molecule has 4 heterocycles. The smallest absolute Gasteiger partial charge is 0.272 e. The largest absolute Gasteiger partial charge is 0.370 e. The van der Waals surface area contributed by atoms with Gasteiger partial charge in [0, 0.05) is 30.8 Å². The average Bonchev–Trinajstić information content (AvgIpc) is 3.26. The molecule has 7 nitrogen and oxygen atoms in total. The van der Waals surface area contributed by atoms with Crippen LogP contribution in [0.15, 0.2) is 34.7 Å². The Labute approximate surface area is 157 Å². The minimum Gasteiger partial charge on any atom is -0.370 e. The van der Waals surface area contributed by atoms with Crippen molar-refractivity contribution in [3.63, 3.8) is 0 Å². The number of aryl methyl sites for hydroxylation is 1. The minimum atomic E-state index is -3.59. The Morgan fingerprint density at radius 2 is 1.88 bits per heavy atom. The van der Waals surface area contributed by atoms with Gasteiger partial charge in [0.1, 0.15) is 10.0 Å². The van der Waals surface area contributed by atoms with Crippen molar-refractivity contribution in [2.75, 3.05) is 35.9 Å². The Bertz CT molecular complexity index is 864. The summed E-state index contributed by atoms with van der Waals surface area (Å²) in [4.78, 5) is 7.43. The second kappa shape index (κ2) is 6.80. The number of thiophene rings is 1. The lowest BCUT2D eigenvalue weighted by Crippen LogP contribution is -2.45. The van der Waals surface area contributed by atoms with E-state index in [2.05, 4.69) is 14.6 Å². The molecular weight excluding hydrogens is 374 g/mol. The molecule has 2 aromatic heterocycles. The molecule has 0 bridgehead atoms. The number of piperidine rings is 1. The molecule has 0 saturated carbocycles. The molecule has 0 unspecified atom stereocenters. The van der Waals surface area contributed by atoms with Gasteiger partial charge in [0.15, 0.2) is 5.79 Å². The Hall–Kier alpha value is -1.68. The van der Waals surface area contributed by atoms with Gasteiger partial charge < -0.3 is 14.4 Å². The monoisotopic (exact) mass is 395 g/mol. The van der Waals surface area contributed by atoms with E-state index in [9.17, 15) is 8.42 Å². The second-order valence-corrected chi connectivity index (χ2v) is 9.66. The standard InChI is InChI=1S/C17H21N3O4S2/c1-13-2-5-16(25-13)26(21,22)19-15-4-3-14(12-18-15)20-8-6-17(7-9-20)23-10-11-24-17/h2-5,12H,6-11H2,1H3,(H,18,19). The molecule has 2 aromatic rings. The van der Waals surface area contributed by atoms with Crippen molar-refractivity contribution in [3.05, 3.63) is 35.3 Å². The first-order valence-electron chi connectivity index (χ1n) is 8.54. The van der Waals surface area contributed by atoms with Crippen LogP contribution in [0.25, 0.3) is 0 Å². The lowest BCUT2D eigenvalue weighted by Gasteiger charge is -2.38. The van der Waals surface area contributed by atoms with Crippen LogP contribution in [-0.4, -0.2) is 45.5 Å². The van der Waals surface area contributed by atoms with Crippen molar-refractivity contribution >= 4 is 32.9 Å². The summed E-state index contributed by atoms with van der Waals surface area (Å²) in [6, 6.07) is 6.98. The van der Waals surface area contributed by atoms with Crippen LogP contribution in [0.3, 0.4) is 0 Å². The fraction of sp³-hybridized carbons (Fsp3) is 0.471. The summed E-state index contributed by atoms with van der Waals surface area (Å²) >= 11 is 1.24. The Morgan fingerprint density at radius 1 is 1.15 bits per heavy atom. The highest BCUT2D eigenvalue weighted by Crippen LogP contribution is 2.33. The maximum absolute atomic E-state index is 12.4. The molecule has 0 radical (unpaired) electrons. The highest BCUT2D eigenvalue weighted by atomic mass is 32.2. The summed E-state index contributed by atoms with van der Waals surface area (Å²) in [5, 5.41) is 0. The third-order valence-electron chi connectivity index (χ3n) is 4.67. The first-order valence-corrected chi connectivity index (χ1v) is 10.8. The first kappa shape index (κ1) is 17.7. The minimum absolute atomic E-state index is 0.291. The van der Waals surface area contributed by atoms with Crippen LogP contribution in [0.1, 0.15) is 17.7 Å². The number of nitrogens with one attached hydrogen (secondary N) is 1. The molecule has 140 valence electrons. The molecular formula is C17H21N3O4S2. The van der Waals surface area contributed by atoms with Gasteiger partial charge in [-0.05, 0) is 31.2 Å². The van der Waals surface area contributed by atoms with Gasteiger partial charge in [-0.3, -0.25) is 4.72 Å². The van der Waals surface area contributed by atoms with Crippen molar-refractivity contribution < 1.29 is 17.9 Å². The van der Waals surface area contributed by atoms with Gasteiger partial charge in [-0.25, -0.2) is 13.4 Å². The predicted molar refractivity (Wildman–Crippen MR) is 100 cm³/mol. The van der Waals surface area contributed by atoms with Gasteiger partial charge >= 0.3 is 0 Å². The maximum Gasteiger partial charge on any atom is 0.272 e. The summed E-state index contributed by atoms with van der Waals surface area (Å²) in [5.74, 6) is -0.0889. The van der Waals surface area contributed by atoms with E-state index in [4.69, 9.17) is 9.47 Å². The van der Waals surface area contributed by atoms with Gasteiger partial charge in [-0.1, -0.05) is 0 Å². The van der Waals surface area contributed by atoms with E-state index in [0.717, 1.165) is 36.5 Å². The van der Waals surface area contributed by atoms with Crippen molar-refractivity contribution in [1.29, 1.82) is 0 Å². The Balaban J connectivity index is 1.41. The Kier molecular flexibility index (Phi) is 4.64. The van der Waals surface area contributed by atoms with Gasteiger partial charge in [-0.2, -0.15) is 0 Å². The SMILES string of the molecule is Cc1ccc(S(=O)(=O)Nc2ccc(N3CCC4(CC3)OCCO4)cn2)s1. The van der Waals surface area contributed by atoms with Crippen molar-refractivity contribution in [2.45, 2.75) is 29.8 Å². The van der Waals surface area contributed by atoms with Crippen LogP contribution in [0.4, 0.5) is 11.5 Å². The lowest BCUT2D eigenvalue weighted by atomic mass is 10.0. The quantitative estimate of drug-likeness (QED) is 0.857. The fourth-order valence-corrected chi connectivity index (χ4v) is 5.56. The number of nitrogens with zero attached hydrogens (tertiary/aromatic N) is 2. The summed E-state index contributed by atoms with van der Waals surface area (Å²) in [7, 11) is -3.59. The Morgan fingerprint density at radius 3 is 2.46 bits per heavy atom. The van der Waals surface area contributed by atoms with Crippen LogP contribution in [-0.2, 0) is 19.5 Å². The molecule has 0 aliphatic carbocycles. The molecule has 2 aliphatic heterocycles. The van der Waals surface area contributed by atoms with E-state index in [0.29, 0.717) is 23.2 Å². The maximum atomic E-state index is 12.4. The van der Waals surface area contributed by atoms with Crippen LogP contribution < -0.4 is 9.62 Å². The van der Waals surface area contributed by atoms with Crippen LogP contribution in [0.2, 0.25) is 0 Å². The molecule has 1 spiro atoms. The normalized spacial score (nSPS) is 19.8. The van der Waals surface area contributed by atoms with E-state index in [-0.39, 0.29) is 0 Å². The number of anilines is 2. The van der Waals surface area contributed by atoms with Crippen molar-refractivity contribution in [1.82, 2.24) is 4.98 Å². The van der Waals surface area contributed by atoms with Gasteiger partial charge in [0.25, 0.3) is 10.0 Å². The zero-order chi connectivity index (χ0) is 18.2. The molecule has 0 amide bonds. The van der Waals surface area contributed by atoms with Crippen molar-refractivity contribution in [3.8, 4) is 0 Å². The van der Waals surface area contributed by atoms with Crippen LogP contribution >= 0.6 is 11.3 Å². The third-order valence-corrected chi connectivity index (χ3v) is 7.52. The fourth-order valence-electron chi connectivity index (χ4n) is 3.27. The zero-order valence-electron chi connectivity index (χ0n) is 14.5. The zero-order valence-corrected chi connectivity index (χ0v) is 16.1. The summed E-state index contributed by atoms with van der Waals surface area (Å²) in [6.07, 6.45) is 3.34. The molecule has 9 heteroatoms. The molecule has 2 fully saturated rings. The van der Waals surface area contributed by atoms with Gasteiger partial charge in [-0.15, -0.1) is 11.3 Å². The third kappa shape index (κ3) is 3.57. The number of hydrogen-bond acceptors (Lipinski definition) is 7. The first-order chi connectivity index (χ1) is 12.5. The van der Waals surface area contributed by atoms with Crippen molar-refractivity contribution in [2.24, 2.45) is 0 Å². The molecule has 2 saturated heterocycles. The number of ether oxygens (including phenoxy) is 2. The van der Waals surface area contributed by atoms with E-state index < -0.39 is 15.8 Å². The van der Waals surface area contributed by atoms with Crippen LogP contribution in [0, 0.1) is 6.92 Å². The number of hydrogen-bond donors (Lipinski definition) is 1. The van der Waals surface area contributed by atoms with E-state index >= 15 is 0 Å². The number of rotatable bonds is 4. The molecule has 4 rings (SSSR count). The summed E-state index contributed by atoms with van der Waals surface area (Å²) in [5.41, 5.74) is 0.966. The van der Waals surface area contributed by atoms with Gasteiger partial charge in [0.05, 0.1) is 25.1 Å². The topological polar surface area (TPSA) is 80.8 Å².